The lowest BCUT2D eigenvalue weighted by Crippen LogP contribution is -2.50. The first-order valence-electron chi connectivity index (χ1n) is 7.35. The summed E-state index contributed by atoms with van der Waals surface area (Å²) in [6.45, 7) is 1.26. The van der Waals surface area contributed by atoms with E-state index < -0.39 is 10.0 Å². The lowest BCUT2D eigenvalue weighted by atomic mass is 10.1. The van der Waals surface area contributed by atoms with E-state index in [1.807, 2.05) is 6.07 Å². The summed E-state index contributed by atoms with van der Waals surface area (Å²) in [4.78, 5) is 14.1. The van der Waals surface area contributed by atoms with Crippen molar-refractivity contribution in [2.45, 2.75) is 4.21 Å². The molecule has 124 valence electrons. The number of nitriles is 1. The Kier molecular flexibility index (Phi) is 4.66. The number of carbonyl (C=O) groups is 1. The van der Waals surface area contributed by atoms with Gasteiger partial charge in [-0.1, -0.05) is 6.07 Å². The molecule has 0 atom stereocenters. The minimum atomic E-state index is -3.46. The Morgan fingerprint density at radius 1 is 1.08 bits per heavy atom. The van der Waals surface area contributed by atoms with Crippen LogP contribution >= 0.6 is 11.3 Å². The molecule has 0 aliphatic carbocycles. The number of amides is 1. The predicted molar refractivity (Wildman–Crippen MR) is 90.1 cm³/mol. The van der Waals surface area contributed by atoms with E-state index in [9.17, 15) is 13.2 Å². The highest BCUT2D eigenvalue weighted by molar-refractivity contribution is 7.91. The zero-order valence-corrected chi connectivity index (χ0v) is 14.4. The number of carbonyl (C=O) groups excluding carboxylic acids is 1. The van der Waals surface area contributed by atoms with E-state index in [0.29, 0.717) is 28.4 Å². The van der Waals surface area contributed by atoms with Gasteiger partial charge in [-0.25, -0.2) is 8.42 Å². The molecule has 8 heteroatoms. The topological polar surface area (TPSA) is 81.5 Å². The van der Waals surface area contributed by atoms with Crippen LogP contribution in [0.3, 0.4) is 0 Å². The van der Waals surface area contributed by atoms with E-state index in [2.05, 4.69) is 0 Å². The highest BCUT2D eigenvalue weighted by Crippen LogP contribution is 2.22. The van der Waals surface area contributed by atoms with E-state index in [1.54, 1.807) is 46.7 Å². The summed E-state index contributed by atoms with van der Waals surface area (Å²) in [5.41, 5.74) is 1.00. The average Bonchev–Trinajstić information content (AvgIpc) is 3.17. The maximum absolute atomic E-state index is 12.5. The Hall–Kier alpha value is -2.21. The quantitative estimate of drug-likeness (QED) is 0.834. The van der Waals surface area contributed by atoms with Gasteiger partial charge in [0.15, 0.2) is 0 Å². The van der Waals surface area contributed by atoms with Gasteiger partial charge in [0.1, 0.15) is 4.21 Å². The number of benzene rings is 1. The van der Waals surface area contributed by atoms with Crippen molar-refractivity contribution in [1.82, 2.24) is 9.21 Å². The van der Waals surface area contributed by atoms with Gasteiger partial charge in [0.2, 0.25) is 0 Å². The molecule has 0 saturated carbocycles. The summed E-state index contributed by atoms with van der Waals surface area (Å²) < 4.78 is 26.7. The van der Waals surface area contributed by atoms with Crippen LogP contribution in [0.4, 0.5) is 0 Å². The molecule has 1 saturated heterocycles. The van der Waals surface area contributed by atoms with Crippen LogP contribution in [-0.4, -0.2) is 49.7 Å². The van der Waals surface area contributed by atoms with Gasteiger partial charge < -0.3 is 4.90 Å². The van der Waals surface area contributed by atoms with Crippen molar-refractivity contribution in [3.05, 3.63) is 52.9 Å². The van der Waals surface area contributed by atoms with Gasteiger partial charge in [0.05, 0.1) is 11.6 Å². The second-order valence-corrected chi connectivity index (χ2v) is 8.43. The number of nitrogens with zero attached hydrogens (tertiary/aromatic N) is 3. The zero-order valence-electron chi connectivity index (χ0n) is 12.8. The van der Waals surface area contributed by atoms with Crippen LogP contribution in [-0.2, 0) is 10.0 Å². The fraction of sp³-hybridized carbons (Fsp3) is 0.250. The number of hydrogen-bond donors (Lipinski definition) is 0. The lowest BCUT2D eigenvalue weighted by molar-refractivity contribution is 0.0698. The van der Waals surface area contributed by atoms with Crippen LogP contribution in [0.25, 0.3) is 0 Å². The van der Waals surface area contributed by atoms with Crippen molar-refractivity contribution in [3.8, 4) is 6.07 Å². The predicted octanol–water partition coefficient (Wildman–Crippen LogP) is 1.77. The van der Waals surface area contributed by atoms with Crippen LogP contribution in [0.1, 0.15) is 15.9 Å². The second kappa shape index (κ2) is 6.73. The Bertz CT molecular complexity index is 860. The van der Waals surface area contributed by atoms with Crippen molar-refractivity contribution in [2.24, 2.45) is 0 Å². The molecule has 0 radical (unpaired) electrons. The minimum Gasteiger partial charge on any atom is -0.336 e. The van der Waals surface area contributed by atoms with Crippen molar-refractivity contribution in [2.75, 3.05) is 26.2 Å². The van der Waals surface area contributed by atoms with Gasteiger partial charge in [-0.2, -0.15) is 9.57 Å². The Morgan fingerprint density at radius 2 is 1.75 bits per heavy atom. The lowest BCUT2D eigenvalue weighted by Gasteiger charge is -2.33. The molecule has 0 unspecified atom stereocenters. The summed E-state index contributed by atoms with van der Waals surface area (Å²) in [5, 5.41) is 10.5. The second-order valence-electron chi connectivity index (χ2n) is 5.32. The molecule has 0 bridgehead atoms. The molecule has 1 aliphatic heterocycles. The third kappa shape index (κ3) is 3.19. The molecule has 1 aromatic carbocycles. The molecule has 2 heterocycles. The standard InChI is InChI=1S/C16H15N3O3S2/c17-12-13-3-5-14(6-4-13)16(20)18-7-9-19(10-8-18)24(21,22)15-2-1-11-23-15/h1-6,11H,7-10H2. The molecule has 6 nitrogen and oxygen atoms in total. The van der Waals surface area contributed by atoms with Gasteiger partial charge in [-0.15, -0.1) is 11.3 Å². The van der Waals surface area contributed by atoms with E-state index in [4.69, 9.17) is 5.26 Å². The normalized spacial score (nSPS) is 15.9. The molecule has 1 aliphatic rings. The molecule has 1 fully saturated rings. The molecule has 0 spiro atoms. The van der Waals surface area contributed by atoms with Crippen LogP contribution in [0.15, 0.2) is 46.0 Å². The first-order valence-corrected chi connectivity index (χ1v) is 9.67. The molecule has 1 aromatic heterocycles. The van der Waals surface area contributed by atoms with Crippen molar-refractivity contribution in [1.29, 1.82) is 5.26 Å². The summed E-state index contributed by atoms with van der Waals surface area (Å²) in [6, 6.07) is 11.8. The van der Waals surface area contributed by atoms with Crippen molar-refractivity contribution >= 4 is 27.3 Å². The van der Waals surface area contributed by atoms with Crippen LogP contribution in [0.5, 0.6) is 0 Å². The Morgan fingerprint density at radius 3 is 2.29 bits per heavy atom. The summed E-state index contributed by atoms with van der Waals surface area (Å²) in [7, 11) is -3.46. The third-order valence-electron chi connectivity index (χ3n) is 3.88. The summed E-state index contributed by atoms with van der Waals surface area (Å²) in [5.74, 6) is -0.146. The van der Waals surface area contributed by atoms with Gasteiger partial charge >= 0.3 is 0 Å². The maximum atomic E-state index is 12.5. The average molecular weight is 361 g/mol. The van der Waals surface area contributed by atoms with Crippen LogP contribution < -0.4 is 0 Å². The van der Waals surface area contributed by atoms with Crippen LogP contribution in [0, 0.1) is 11.3 Å². The van der Waals surface area contributed by atoms with Crippen LogP contribution in [0.2, 0.25) is 0 Å². The fourth-order valence-electron chi connectivity index (χ4n) is 2.54. The SMILES string of the molecule is N#Cc1ccc(C(=O)N2CCN(S(=O)(=O)c3cccs3)CC2)cc1. The third-order valence-corrected chi connectivity index (χ3v) is 7.15. The monoisotopic (exact) mass is 361 g/mol. The maximum Gasteiger partial charge on any atom is 0.253 e. The highest BCUT2D eigenvalue weighted by Gasteiger charge is 2.30. The molecule has 2 aromatic rings. The minimum absolute atomic E-state index is 0.146. The molecular weight excluding hydrogens is 346 g/mol. The van der Waals surface area contributed by atoms with Gasteiger partial charge in [-0.05, 0) is 35.7 Å². The summed E-state index contributed by atoms with van der Waals surface area (Å²) >= 11 is 1.19. The van der Waals surface area contributed by atoms with E-state index in [0.717, 1.165) is 0 Å². The Labute approximate surface area is 144 Å². The number of rotatable bonds is 3. The van der Waals surface area contributed by atoms with Crippen molar-refractivity contribution in [3.63, 3.8) is 0 Å². The van der Waals surface area contributed by atoms with E-state index in [1.165, 1.54) is 15.6 Å². The Balaban J connectivity index is 1.66. The summed E-state index contributed by atoms with van der Waals surface area (Å²) in [6.07, 6.45) is 0. The zero-order chi connectivity index (χ0) is 17.2. The molecule has 0 N–H and O–H groups in total. The molecule has 24 heavy (non-hydrogen) atoms. The number of sulfonamides is 1. The van der Waals surface area contributed by atoms with Gasteiger partial charge in [-0.3, -0.25) is 4.79 Å². The van der Waals surface area contributed by atoms with Gasteiger partial charge in [0, 0.05) is 31.7 Å². The van der Waals surface area contributed by atoms with E-state index in [-0.39, 0.29) is 19.0 Å². The smallest absolute Gasteiger partial charge is 0.253 e. The van der Waals surface area contributed by atoms with E-state index >= 15 is 0 Å². The van der Waals surface area contributed by atoms with Crippen molar-refractivity contribution < 1.29 is 13.2 Å². The van der Waals surface area contributed by atoms with Gasteiger partial charge in [0.25, 0.3) is 15.9 Å². The largest absolute Gasteiger partial charge is 0.336 e. The fourth-order valence-corrected chi connectivity index (χ4v) is 5.11. The number of hydrogen-bond acceptors (Lipinski definition) is 5. The first kappa shape index (κ1) is 16.6. The molecule has 1 amide bonds. The molecule has 3 rings (SSSR count). The number of piperazine rings is 1. The highest BCUT2D eigenvalue weighted by atomic mass is 32.2. The molecular formula is C16H15N3O3S2. The first-order chi connectivity index (χ1) is 11.5. The number of thiophene rings is 1.